The third-order valence-corrected chi connectivity index (χ3v) is 0. The normalized spacial score (nSPS) is 4.00. The monoisotopic (exact) mass is 217 g/mol. The fourth-order valence-electron chi connectivity index (χ4n) is 0. The molecule has 0 fully saturated rings. The molecular formula is AgNO3Ti. The van der Waals surface area contributed by atoms with Crippen molar-refractivity contribution in [2.75, 3.05) is 0 Å². The van der Waals surface area contributed by atoms with Crippen LogP contribution in [0.2, 0.25) is 0 Å². The molecule has 38 valence electrons. The van der Waals surface area contributed by atoms with Gasteiger partial charge >= 0.3 is 22.4 Å². The van der Waals surface area contributed by atoms with E-state index in [-0.39, 0.29) is 44.1 Å². The second-order valence-corrected chi connectivity index (χ2v) is 0.224. The number of hydrogen-bond acceptors (Lipinski definition) is 3. The quantitative estimate of drug-likeness (QED) is 0.320. The van der Waals surface area contributed by atoms with E-state index in [0.29, 0.717) is 0 Å². The van der Waals surface area contributed by atoms with Gasteiger partial charge in [-0.25, -0.2) is 0 Å². The van der Waals surface area contributed by atoms with Crippen molar-refractivity contribution >= 4 is 0 Å². The molecule has 0 spiro atoms. The van der Waals surface area contributed by atoms with Gasteiger partial charge in [-0.15, -0.1) is 0 Å². The van der Waals surface area contributed by atoms with Crippen LogP contribution in [0.4, 0.5) is 0 Å². The van der Waals surface area contributed by atoms with E-state index in [1.807, 2.05) is 0 Å². The minimum absolute atomic E-state index is 0. The van der Waals surface area contributed by atoms with E-state index in [1.165, 1.54) is 0 Å². The Morgan fingerprint density at radius 3 is 1.33 bits per heavy atom. The molecule has 0 saturated heterocycles. The minimum Gasteiger partial charge on any atom is -0.356 e. The summed E-state index contributed by atoms with van der Waals surface area (Å²) in [6, 6.07) is 0. The average molecular weight is 218 g/mol. The maximum atomic E-state index is 8.25. The largest absolute Gasteiger partial charge is 1.00 e. The summed E-state index contributed by atoms with van der Waals surface area (Å²) in [5.74, 6) is 0. The molecule has 0 rings (SSSR count). The third kappa shape index (κ3) is 145. The Hall–Kier alpha value is 0.655. The summed E-state index contributed by atoms with van der Waals surface area (Å²) in [5, 5.41) is 14.8. The molecular weight excluding hydrogens is 218 g/mol. The Kier molecular flexibility index (Phi) is 24.4. The first kappa shape index (κ1) is 15.9. The maximum absolute atomic E-state index is 8.25. The van der Waals surface area contributed by atoms with Crippen LogP contribution in [0.25, 0.3) is 0 Å². The Labute approximate surface area is 64.4 Å². The van der Waals surface area contributed by atoms with Crippen LogP contribution in [0.3, 0.4) is 0 Å². The molecule has 0 saturated carbocycles. The number of hydrogen-bond donors (Lipinski definition) is 0. The molecule has 0 heterocycles. The summed E-state index contributed by atoms with van der Waals surface area (Å²) < 4.78 is 0. The van der Waals surface area contributed by atoms with Crippen LogP contribution in [0.5, 0.6) is 0 Å². The Morgan fingerprint density at radius 1 is 1.33 bits per heavy atom. The van der Waals surface area contributed by atoms with E-state index in [0.717, 1.165) is 0 Å². The average Bonchev–Trinajstić information content (AvgIpc) is 0.811. The first-order valence-electron chi connectivity index (χ1n) is 0.548. The smallest absolute Gasteiger partial charge is 0.356 e. The Balaban J connectivity index is -0.0000000450. The predicted octanol–water partition coefficient (Wildman–Crippen LogP) is -0.244. The van der Waals surface area contributed by atoms with Gasteiger partial charge in [-0.05, 0) is 0 Å². The second kappa shape index (κ2) is 9.17. The third-order valence-electron chi connectivity index (χ3n) is 0. The predicted molar refractivity (Wildman–Crippen MR) is 10.4 cm³/mol. The van der Waals surface area contributed by atoms with Gasteiger partial charge in [0.2, 0.25) is 0 Å². The second-order valence-electron chi connectivity index (χ2n) is 0.224. The summed E-state index contributed by atoms with van der Waals surface area (Å²) in [5.41, 5.74) is 0. The van der Waals surface area contributed by atoms with Crippen molar-refractivity contribution in [2.24, 2.45) is 0 Å². The molecule has 0 aliphatic heterocycles. The molecule has 0 aliphatic carbocycles. The van der Waals surface area contributed by atoms with Crippen LogP contribution in [0.15, 0.2) is 0 Å². The van der Waals surface area contributed by atoms with Gasteiger partial charge in [0, 0.05) is 21.7 Å². The number of nitrogens with zero attached hydrogens (tertiary/aromatic N) is 1. The van der Waals surface area contributed by atoms with Gasteiger partial charge in [0.15, 0.2) is 0 Å². The fourth-order valence-corrected chi connectivity index (χ4v) is 0. The van der Waals surface area contributed by atoms with Crippen LogP contribution in [-0.4, -0.2) is 5.09 Å². The molecule has 0 aromatic heterocycles. The standard InChI is InChI=1S/Ag.NO3.Ti/c;2-1(3)4;/q+1;-1;. The van der Waals surface area contributed by atoms with Crippen LogP contribution in [0.1, 0.15) is 0 Å². The topological polar surface area (TPSA) is 66.2 Å². The molecule has 6 heteroatoms. The van der Waals surface area contributed by atoms with Gasteiger partial charge in [-0.1, -0.05) is 0 Å². The van der Waals surface area contributed by atoms with Crippen LogP contribution in [-0.2, 0) is 44.1 Å². The first-order chi connectivity index (χ1) is 1.73. The van der Waals surface area contributed by atoms with E-state index < -0.39 is 5.09 Å². The zero-order valence-electron chi connectivity index (χ0n) is 2.47. The van der Waals surface area contributed by atoms with Crippen molar-refractivity contribution in [3.63, 3.8) is 0 Å². The van der Waals surface area contributed by atoms with Gasteiger partial charge in [-0.2, -0.15) is 0 Å². The Bertz CT molecular complexity index is 33.8. The van der Waals surface area contributed by atoms with Gasteiger partial charge in [0.05, 0.1) is 5.09 Å². The van der Waals surface area contributed by atoms with E-state index in [1.54, 1.807) is 0 Å². The number of rotatable bonds is 0. The molecule has 0 aliphatic rings. The van der Waals surface area contributed by atoms with Gasteiger partial charge < -0.3 is 15.3 Å². The summed E-state index contributed by atoms with van der Waals surface area (Å²) in [7, 11) is 0. The van der Waals surface area contributed by atoms with Crippen molar-refractivity contribution in [1.29, 1.82) is 0 Å². The maximum Gasteiger partial charge on any atom is 1.00 e. The zero-order chi connectivity index (χ0) is 3.58. The van der Waals surface area contributed by atoms with E-state index >= 15 is 0 Å². The molecule has 0 aromatic carbocycles. The van der Waals surface area contributed by atoms with E-state index in [2.05, 4.69) is 0 Å². The fraction of sp³-hybridized carbons (Fsp3) is 0. The summed E-state index contributed by atoms with van der Waals surface area (Å²) >= 11 is 0. The van der Waals surface area contributed by atoms with E-state index in [9.17, 15) is 0 Å². The molecule has 6 heavy (non-hydrogen) atoms. The van der Waals surface area contributed by atoms with Crippen LogP contribution >= 0.6 is 0 Å². The van der Waals surface area contributed by atoms with Crippen molar-refractivity contribution in [3.8, 4) is 0 Å². The van der Waals surface area contributed by atoms with Crippen LogP contribution in [0, 0.1) is 15.3 Å². The van der Waals surface area contributed by atoms with Crippen molar-refractivity contribution in [3.05, 3.63) is 15.3 Å². The molecule has 0 unspecified atom stereocenters. The van der Waals surface area contributed by atoms with Gasteiger partial charge in [0.1, 0.15) is 0 Å². The molecule has 0 atom stereocenters. The zero-order valence-corrected chi connectivity index (χ0v) is 5.52. The molecule has 4 nitrogen and oxygen atoms in total. The van der Waals surface area contributed by atoms with Crippen molar-refractivity contribution in [1.82, 2.24) is 0 Å². The van der Waals surface area contributed by atoms with Crippen molar-refractivity contribution < 1.29 is 49.2 Å². The molecule has 0 radical (unpaired) electrons. The van der Waals surface area contributed by atoms with Crippen molar-refractivity contribution in [2.45, 2.75) is 0 Å². The van der Waals surface area contributed by atoms with E-state index in [4.69, 9.17) is 15.3 Å². The van der Waals surface area contributed by atoms with Gasteiger partial charge in [-0.3, -0.25) is 0 Å². The first-order valence-corrected chi connectivity index (χ1v) is 0.548. The SMILES string of the molecule is O=[N+]([O-])[O-].[Ag+].[Ti]. The minimum atomic E-state index is -1.75. The summed E-state index contributed by atoms with van der Waals surface area (Å²) in [4.78, 5) is 8.25. The summed E-state index contributed by atoms with van der Waals surface area (Å²) in [6.45, 7) is 0. The molecule has 0 aromatic rings. The molecule has 0 N–H and O–H groups in total. The summed E-state index contributed by atoms with van der Waals surface area (Å²) in [6.07, 6.45) is 0. The molecule has 0 amide bonds. The molecule has 0 bridgehead atoms. The van der Waals surface area contributed by atoms with Crippen LogP contribution < -0.4 is 0 Å². The van der Waals surface area contributed by atoms with Gasteiger partial charge in [0.25, 0.3) is 0 Å². The Morgan fingerprint density at radius 2 is 1.33 bits per heavy atom.